The highest BCUT2D eigenvalue weighted by molar-refractivity contribution is 6.09. The van der Waals surface area contributed by atoms with Gasteiger partial charge in [-0.3, -0.25) is 0 Å². The van der Waals surface area contributed by atoms with E-state index in [4.69, 9.17) is 0 Å². The summed E-state index contributed by atoms with van der Waals surface area (Å²) in [6.45, 7) is 4.70. The Bertz CT molecular complexity index is 3180. The minimum Gasteiger partial charge on any atom is -0.310 e. The Morgan fingerprint density at radius 1 is 0.328 bits per heavy atom. The molecular weight excluding hydrogens is 699 g/mol. The van der Waals surface area contributed by atoms with E-state index in [9.17, 15) is 0 Å². The van der Waals surface area contributed by atoms with Gasteiger partial charge in [-0.05, 0) is 125 Å². The Balaban J connectivity index is 1.08. The number of rotatable bonds is 6. The Kier molecular flexibility index (Phi) is 7.91. The summed E-state index contributed by atoms with van der Waals surface area (Å²) < 4.78 is 0. The van der Waals surface area contributed by atoms with Crippen molar-refractivity contribution in [3.8, 4) is 44.5 Å². The van der Waals surface area contributed by atoms with E-state index in [-0.39, 0.29) is 5.41 Å². The molecule has 0 unspecified atom stereocenters. The first-order valence-electron chi connectivity index (χ1n) is 20.3. The summed E-state index contributed by atoms with van der Waals surface area (Å²) in [6.07, 6.45) is 0. The number of hydrogen-bond acceptors (Lipinski definition) is 1. The van der Waals surface area contributed by atoms with Crippen LogP contribution in [0.5, 0.6) is 0 Å². The molecule has 0 bridgehead atoms. The molecule has 0 amide bonds. The molecule has 0 heterocycles. The first-order chi connectivity index (χ1) is 28.5. The molecule has 0 spiro atoms. The molecule has 11 rings (SSSR count). The molecule has 0 aromatic heterocycles. The van der Waals surface area contributed by atoms with E-state index < -0.39 is 0 Å². The predicted octanol–water partition coefficient (Wildman–Crippen LogP) is 15.9. The third-order valence-corrected chi connectivity index (χ3v) is 12.5. The van der Waals surface area contributed by atoms with E-state index in [1.54, 1.807) is 0 Å². The van der Waals surface area contributed by atoms with Gasteiger partial charge in [-0.15, -0.1) is 0 Å². The van der Waals surface area contributed by atoms with Crippen molar-refractivity contribution in [2.24, 2.45) is 0 Å². The van der Waals surface area contributed by atoms with Crippen LogP contribution < -0.4 is 4.90 Å². The van der Waals surface area contributed by atoms with Crippen molar-refractivity contribution in [3.63, 3.8) is 0 Å². The summed E-state index contributed by atoms with van der Waals surface area (Å²) in [5, 5.41) is 7.58. The van der Waals surface area contributed by atoms with Crippen molar-refractivity contribution < 1.29 is 0 Å². The maximum absolute atomic E-state index is 2.43. The predicted molar refractivity (Wildman–Crippen MR) is 248 cm³/mol. The van der Waals surface area contributed by atoms with Gasteiger partial charge in [0.15, 0.2) is 0 Å². The molecular formula is C57H41N. The fraction of sp³-hybridized carbons (Fsp3) is 0.0526. The maximum atomic E-state index is 2.43. The van der Waals surface area contributed by atoms with Gasteiger partial charge in [0.1, 0.15) is 0 Å². The van der Waals surface area contributed by atoms with Crippen LogP contribution in [0.4, 0.5) is 17.1 Å². The number of nitrogens with zero attached hydrogens (tertiary/aromatic N) is 1. The average molecular weight is 740 g/mol. The molecule has 58 heavy (non-hydrogen) atoms. The minimum absolute atomic E-state index is 0.0878. The first kappa shape index (κ1) is 34.1. The Labute approximate surface area is 340 Å². The van der Waals surface area contributed by atoms with Crippen LogP contribution in [0.1, 0.15) is 25.0 Å². The zero-order chi connectivity index (χ0) is 38.8. The molecule has 0 fully saturated rings. The second-order valence-electron chi connectivity index (χ2n) is 16.1. The van der Waals surface area contributed by atoms with Gasteiger partial charge in [-0.25, -0.2) is 0 Å². The van der Waals surface area contributed by atoms with E-state index in [2.05, 4.69) is 231 Å². The summed E-state index contributed by atoms with van der Waals surface area (Å²) in [4.78, 5) is 2.43. The summed E-state index contributed by atoms with van der Waals surface area (Å²) in [6, 6.07) is 78.2. The molecule has 0 N–H and O–H groups in total. The normalized spacial score (nSPS) is 12.8. The number of hydrogen-bond donors (Lipinski definition) is 0. The van der Waals surface area contributed by atoms with Crippen LogP contribution >= 0.6 is 0 Å². The number of fused-ring (bicyclic) bond motifs is 7. The van der Waals surface area contributed by atoms with Crippen LogP contribution in [-0.4, -0.2) is 0 Å². The molecule has 274 valence electrons. The lowest BCUT2D eigenvalue weighted by Crippen LogP contribution is -2.16. The van der Waals surface area contributed by atoms with Crippen LogP contribution in [0.3, 0.4) is 0 Å². The summed E-state index contributed by atoms with van der Waals surface area (Å²) in [7, 11) is 0. The summed E-state index contributed by atoms with van der Waals surface area (Å²) >= 11 is 0. The highest BCUT2D eigenvalue weighted by atomic mass is 15.1. The SMILES string of the molecule is CC1(C)c2ccccc2-c2c(N(c3ccccc3)c3ccc(-c4cc(-c5cccc6ccccc56)ccc4-c4ccc5c(ccc6ccccc65)c4)cc3)cccc21. The zero-order valence-electron chi connectivity index (χ0n) is 32.7. The fourth-order valence-corrected chi connectivity index (χ4v) is 9.58. The van der Waals surface area contributed by atoms with Gasteiger partial charge in [-0.2, -0.15) is 0 Å². The van der Waals surface area contributed by atoms with Crippen molar-refractivity contribution in [2.75, 3.05) is 4.90 Å². The number of benzene rings is 10. The molecule has 0 radical (unpaired) electrons. The molecule has 0 saturated carbocycles. The number of para-hydroxylation sites is 1. The van der Waals surface area contributed by atoms with E-state index >= 15 is 0 Å². The molecule has 0 atom stereocenters. The molecule has 1 aliphatic carbocycles. The maximum Gasteiger partial charge on any atom is 0.0543 e. The molecule has 0 aliphatic heterocycles. The topological polar surface area (TPSA) is 3.24 Å². The lowest BCUT2D eigenvalue weighted by Gasteiger charge is -2.29. The Morgan fingerprint density at radius 2 is 0.897 bits per heavy atom. The van der Waals surface area contributed by atoms with Crippen LogP contribution in [0.15, 0.2) is 212 Å². The van der Waals surface area contributed by atoms with Crippen molar-refractivity contribution >= 4 is 49.4 Å². The van der Waals surface area contributed by atoms with E-state index in [0.29, 0.717) is 0 Å². The van der Waals surface area contributed by atoms with Crippen molar-refractivity contribution in [1.29, 1.82) is 0 Å². The van der Waals surface area contributed by atoms with Gasteiger partial charge >= 0.3 is 0 Å². The van der Waals surface area contributed by atoms with Gasteiger partial charge in [-0.1, -0.05) is 184 Å². The van der Waals surface area contributed by atoms with Crippen LogP contribution in [0, 0.1) is 0 Å². The Morgan fingerprint density at radius 3 is 1.74 bits per heavy atom. The van der Waals surface area contributed by atoms with Gasteiger partial charge in [0, 0.05) is 22.4 Å². The summed E-state index contributed by atoms with van der Waals surface area (Å²) in [5.74, 6) is 0. The largest absolute Gasteiger partial charge is 0.310 e. The van der Waals surface area contributed by atoms with Crippen molar-refractivity contribution in [2.45, 2.75) is 19.3 Å². The van der Waals surface area contributed by atoms with Gasteiger partial charge in [0.25, 0.3) is 0 Å². The van der Waals surface area contributed by atoms with Crippen LogP contribution in [-0.2, 0) is 5.41 Å². The molecule has 1 heteroatoms. The van der Waals surface area contributed by atoms with Crippen LogP contribution in [0.25, 0.3) is 76.8 Å². The molecule has 1 aliphatic rings. The van der Waals surface area contributed by atoms with E-state index in [0.717, 1.165) is 11.4 Å². The number of anilines is 3. The first-order valence-corrected chi connectivity index (χ1v) is 20.3. The van der Waals surface area contributed by atoms with Crippen molar-refractivity contribution in [3.05, 3.63) is 223 Å². The quantitative estimate of drug-likeness (QED) is 0.154. The third kappa shape index (κ3) is 5.46. The fourth-order valence-electron chi connectivity index (χ4n) is 9.58. The summed E-state index contributed by atoms with van der Waals surface area (Å²) in [5.41, 5.74) is 16.0. The second kappa shape index (κ2) is 13.5. The minimum atomic E-state index is -0.0878. The highest BCUT2D eigenvalue weighted by Crippen LogP contribution is 2.54. The highest BCUT2D eigenvalue weighted by Gasteiger charge is 2.37. The van der Waals surface area contributed by atoms with Gasteiger partial charge in [0.2, 0.25) is 0 Å². The molecule has 10 aromatic rings. The molecule has 0 saturated heterocycles. The average Bonchev–Trinajstić information content (AvgIpc) is 3.52. The lowest BCUT2D eigenvalue weighted by atomic mass is 9.82. The standard InChI is InChI=1S/C57H41N/c1-57(2)53-23-11-10-21-51(53)56-54(57)24-13-25-55(56)58(44-17-4-3-5-18-44)45-32-28-40(29-33-45)52-37-43(48-22-12-16-38-14-6-8-19-46(38)48)31-35-50(52)42-30-34-49-41(36-42)27-26-39-15-7-9-20-47(39)49/h3-37H,1-2H3. The zero-order valence-corrected chi connectivity index (χ0v) is 32.7. The molecule has 1 nitrogen and oxygen atoms in total. The Hall–Kier alpha value is -7.22. The second-order valence-corrected chi connectivity index (χ2v) is 16.1. The smallest absolute Gasteiger partial charge is 0.0543 e. The monoisotopic (exact) mass is 739 g/mol. The van der Waals surface area contributed by atoms with E-state index in [1.807, 2.05) is 0 Å². The third-order valence-electron chi connectivity index (χ3n) is 12.5. The molecule has 10 aromatic carbocycles. The lowest BCUT2D eigenvalue weighted by molar-refractivity contribution is 0.660. The van der Waals surface area contributed by atoms with Gasteiger partial charge < -0.3 is 4.90 Å². The van der Waals surface area contributed by atoms with E-state index in [1.165, 1.54) is 93.6 Å². The van der Waals surface area contributed by atoms with Crippen molar-refractivity contribution in [1.82, 2.24) is 0 Å². The van der Waals surface area contributed by atoms with Gasteiger partial charge in [0.05, 0.1) is 5.69 Å². The van der Waals surface area contributed by atoms with Crippen LogP contribution in [0.2, 0.25) is 0 Å².